The van der Waals surface area contributed by atoms with Crippen molar-refractivity contribution < 1.29 is 14.0 Å². The summed E-state index contributed by atoms with van der Waals surface area (Å²) in [6, 6.07) is 3.51. The minimum absolute atomic E-state index is 0.236. The summed E-state index contributed by atoms with van der Waals surface area (Å²) in [7, 11) is 0. The number of anilines is 1. The number of imide groups is 1. The number of hydrogen-bond acceptors (Lipinski definition) is 5. The molecule has 0 aliphatic carbocycles. The summed E-state index contributed by atoms with van der Waals surface area (Å²) >= 11 is 0. The molecule has 0 bridgehead atoms. The molecule has 6 heteroatoms. The molecule has 6 nitrogen and oxygen atoms in total. The van der Waals surface area contributed by atoms with E-state index in [9.17, 15) is 9.59 Å². The van der Waals surface area contributed by atoms with E-state index in [0.717, 1.165) is 4.90 Å². The second kappa shape index (κ2) is 4.06. The summed E-state index contributed by atoms with van der Waals surface area (Å²) in [5, 5.41) is 0. The summed E-state index contributed by atoms with van der Waals surface area (Å²) < 4.78 is 5.18. The van der Waals surface area contributed by atoms with Crippen LogP contribution in [-0.2, 0) is 9.59 Å². The summed E-state index contributed by atoms with van der Waals surface area (Å²) in [6.45, 7) is 0. The largest absolute Gasteiger partial charge is 0.463 e. The number of furan rings is 1. The fourth-order valence-electron chi connectivity index (χ4n) is 1.82. The van der Waals surface area contributed by atoms with Crippen LogP contribution in [0.15, 0.2) is 35.2 Å². The molecule has 3 rings (SSSR count). The Labute approximate surface area is 102 Å². The van der Waals surface area contributed by atoms with Crippen LogP contribution in [0.25, 0.3) is 11.5 Å². The second-order valence-corrected chi connectivity index (χ2v) is 3.86. The molecule has 90 valence electrons. The molecule has 0 radical (unpaired) electrons. The van der Waals surface area contributed by atoms with Crippen LogP contribution in [-0.4, -0.2) is 21.8 Å². The zero-order valence-corrected chi connectivity index (χ0v) is 9.37. The van der Waals surface area contributed by atoms with E-state index in [1.54, 1.807) is 18.4 Å². The van der Waals surface area contributed by atoms with Gasteiger partial charge < -0.3 is 4.42 Å². The van der Waals surface area contributed by atoms with Gasteiger partial charge in [-0.3, -0.25) is 9.59 Å². The third-order valence-electron chi connectivity index (χ3n) is 2.69. The van der Waals surface area contributed by atoms with Crippen molar-refractivity contribution in [1.29, 1.82) is 0 Å². The maximum Gasteiger partial charge on any atom is 0.235 e. The molecule has 2 amide bonds. The van der Waals surface area contributed by atoms with Crippen LogP contribution in [0.4, 0.5) is 5.82 Å². The third-order valence-corrected chi connectivity index (χ3v) is 2.69. The molecule has 1 aliphatic heterocycles. The Morgan fingerprint density at radius 3 is 2.44 bits per heavy atom. The van der Waals surface area contributed by atoms with Gasteiger partial charge in [0.2, 0.25) is 11.8 Å². The van der Waals surface area contributed by atoms with Gasteiger partial charge in [0.25, 0.3) is 0 Å². The van der Waals surface area contributed by atoms with Gasteiger partial charge in [-0.2, -0.15) is 0 Å². The van der Waals surface area contributed by atoms with Crippen LogP contribution in [0.2, 0.25) is 0 Å². The Hall–Kier alpha value is -2.50. The van der Waals surface area contributed by atoms with E-state index < -0.39 is 0 Å². The number of aromatic nitrogens is 2. The van der Waals surface area contributed by atoms with Crippen LogP contribution >= 0.6 is 0 Å². The lowest BCUT2D eigenvalue weighted by molar-refractivity contribution is -0.121. The van der Waals surface area contributed by atoms with Crippen molar-refractivity contribution in [2.45, 2.75) is 12.8 Å². The van der Waals surface area contributed by atoms with Crippen molar-refractivity contribution in [1.82, 2.24) is 9.97 Å². The van der Waals surface area contributed by atoms with Crippen molar-refractivity contribution in [3.05, 3.63) is 30.8 Å². The lowest BCUT2D eigenvalue weighted by Crippen LogP contribution is -2.29. The fourth-order valence-corrected chi connectivity index (χ4v) is 1.82. The Morgan fingerprint density at radius 1 is 1.11 bits per heavy atom. The molecule has 0 aromatic carbocycles. The molecule has 2 aromatic heterocycles. The number of hydrogen-bond donors (Lipinski definition) is 0. The predicted molar refractivity (Wildman–Crippen MR) is 61.5 cm³/mol. The van der Waals surface area contributed by atoms with E-state index in [4.69, 9.17) is 4.42 Å². The number of carbonyl (C=O) groups excluding carboxylic acids is 2. The van der Waals surface area contributed by atoms with Gasteiger partial charge in [-0.1, -0.05) is 0 Å². The highest BCUT2D eigenvalue weighted by atomic mass is 16.3. The molecule has 1 saturated heterocycles. The molecule has 0 N–H and O–H groups in total. The number of amides is 2. The second-order valence-electron chi connectivity index (χ2n) is 3.86. The summed E-state index contributed by atoms with van der Waals surface area (Å²) in [6.07, 6.45) is 4.89. The van der Waals surface area contributed by atoms with E-state index in [2.05, 4.69) is 9.97 Å². The van der Waals surface area contributed by atoms with Crippen LogP contribution in [0.3, 0.4) is 0 Å². The van der Waals surface area contributed by atoms with E-state index in [1.807, 2.05) is 0 Å². The Morgan fingerprint density at radius 2 is 1.89 bits per heavy atom. The Bertz CT molecular complexity index is 574. The first-order valence-corrected chi connectivity index (χ1v) is 5.47. The lowest BCUT2D eigenvalue weighted by Gasteiger charge is -2.11. The molecule has 0 unspecified atom stereocenters. The molecule has 0 saturated carbocycles. The minimum Gasteiger partial charge on any atom is -0.463 e. The van der Waals surface area contributed by atoms with Gasteiger partial charge in [0.15, 0.2) is 11.6 Å². The average molecular weight is 243 g/mol. The van der Waals surface area contributed by atoms with Crippen molar-refractivity contribution in [3.63, 3.8) is 0 Å². The fraction of sp³-hybridized carbons (Fsp3) is 0.167. The normalized spacial score (nSPS) is 15.4. The topological polar surface area (TPSA) is 76.3 Å². The lowest BCUT2D eigenvalue weighted by atomic mass is 10.3. The Kier molecular flexibility index (Phi) is 2.40. The summed E-state index contributed by atoms with van der Waals surface area (Å²) in [5.74, 6) is 0.381. The van der Waals surface area contributed by atoms with E-state index in [1.165, 1.54) is 12.4 Å². The zero-order chi connectivity index (χ0) is 12.5. The van der Waals surface area contributed by atoms with Crippen molar-refractivity contribution in [3.8, 4) is 11.5 Å². The number of nitrogens with zero attached hydrogens (tertiary/aromatic N) is 3. The minimum atomic E-state index is -0.236. The molecule has 18 heavy (non-hydrogen) atoms. The summed E-state index contributed by atoms with van der Waals surface area (Å²) in [4.78, 5) is 32.3. The molecule has 3 heterocycles. The van der Waals surface area contributed by atoms with Gasteiger partial charge in [0.05, 0.1) is 18.7 Å². The van der Waals surface area contributed by atoms with Crippen LogP contribution < -0.4 is 4.90 Å². The molecule has 1 fully saturated rings. The quantitative estimate of drug-likeness (QED) is 0.745. The van der Waals surface area contributed by atoms with Gasteiger partial charge in [-0.05, 0) is 12.1 Å². The number of carbonyl (C=O) groups is 2. The van der Waals surface area contributed by atoms with Crippen molar-refractivity contribution in [2.75, 3.05) is 4.90 Å². The Balaban J connectivity index is 1.92. The summed E-state index contributed by atoms with van der Waals surface area (Å²) in [5.41, 5.74) is 0.558. The third kappa shape index (κ3) is 1.67. The van der Waals surface area contributed by atoms with Crippen molar-refractivity contribution >= 4 is 17.6 Å². The highest BCUT2D eigenvalue weighted by Crippen LogP contribution is 2.22. The predicted octanol–water partition coefficient (Wildman–Crippen LogP) is 1.39. The SMILES string of the molecule is O=C1CCC(=O)N1c1cnc(-c2ccco2)cn1. The van der Waals surface area contributed by atoms with E-state index in [-0.39, 0.29) is 30.5 Å². The van der Waals surface area contributed by atoms with Gasteiger partial charge >= 0.3 is 0 Å². The van der Waals surface area contributed by atoms with E-state index in [0.29, 0.717) is 11.5 Å². The van der Waals surface area contributed by atoms with Gasteiger partial charge in [-0.25, -0.2) is 14.9 Å². The standard InChI is InChI=1S/C12H9N3O3/c16-11-3-4-12(17)15(11)10-7-13-8(6-14-10)9-2-1-5-18-9/h1-2,5-7H,3-4H2. The maximum atomic E-state index is 11.5. The molecule has 2 aromatic rings. The first-order chi connectivity index (χ1) is 8.75. The van der Waals surface area contributed by atoms with E-state index >= 15 is 0 Å². The number of rotatable bonds is 2. The van der Waals surface area contributed by atoms with Gasteiger partial charge in [0.1, 0.15) is 5.69 Å². The highest BCUT2D eigenvalue weighted by Gasteiger charge is 2.31. The highest BCUT2D eigenvalue weighted by molar-refractivity contribution is 6.19. The molecular formula is C12H9N3O3. The average Bonchev–Trinajstić information content (AvgIpc) is 3.01. The first-order valence-electron chi connectivity index (χ1n) is 5.47. The van der Waals surface area contributed by atoms with Crippen LogP contribution in [0, 0.1) is 0 Å². The maximum absolute atomic E-state index is 11.5. The molecule has 0 atom stereocenters. The smallest absolute Gasteiger partial charge is 0.235 e. The monoisotopic (exact) mass is 243 g/mol. The molecular weight excluding hydrogens is 234 g/mol. The van der Waals surface area contributed by atoms with Crippen LogP contribution in [0.5, 0.6) is 0 Å². The first kappa shape index (κ1) is 10.6. The zero-order valence-electron chi connectivity index (χ0n) is 9.37. The van der Waals surface area contributed by atoms with Crippen LogP contribution in [0.1, 0.15) is 12.8 Å². The van der Waals surface area contributed by atoms with Gasteiger partial charge in [0, 0.05) is 12.8 Å². The van der Waals surface area contributed by atoms with Crippen molar-refractivity contribution in [2.24, 2.45) is 0 Å². The molecule has 1 aliphatic rings. The van der Waals surface area contributed by atoms with Gasteiger partial charge in [-0.15, -0.1) is 0 Å². The molecule has 0 spiro atoms.